The molecule has 0 atom stereocenters. The van der Waals surface area contributed by atoms with E-state index >= 15 is 0 Å². The Labute approximate surface area is 110 Å². The van der Waals surface area contributed by atoms with Gasteiger partial charge < -0.3 is 0 Å². The average Bonchev–Trinajstić information content (AvgIpc) is 2.18. The van der Waals surface area contributed by atoms with Crippen LogP contribution in [0.25, 0.3) is 0 Å². The quantitative estimate of drug-likeness (QED) is 0.724. The van der Waals surface area contributed by atoms with Gasteiger partial charge in [0.1, 0.15) is 5.41 Å². The van der Waals surface area contributed by atoms with Crippen LogP contribution in [0.3, 0.4) is 0 Å². The van der Waals surface area contributed by atoms with Crippen LogP contribution < -0.4 is 0 Å². The Morgan fingerprint density at radius 3 is 2.56 bits per heavy atom. The van der Waals surface area contributed by atoms with E-state index in [0.29, 0.717) is 14.3 Å². The van der Waals surface area contributed by atoms with E-state index in [1.165, 1.54) is 6.20 Å². The highest BCUT2D eigenvalue weighted by molar-refractivity contribution is 14.1. The first-order valence-corrected chi connectivity index (χ1v) is 5.95. The highest BCUT2D eigenvalue weighted by atomic mass is 127. The Balaban J connectivity index is 2.37. The molecule has 0 amide bonds. The van der Waals surface area contributed by atoms with Crippen molar-refractivity contribution in [3.63, 3.8) is 0 Å². The van der Waals surface area contributed by atoms with Gasteiger partial charge in [0.25, 0.3) is 5.92 Å². The molecule has 0 saturated heterocycles. The van der Waals surface area contributed by atoms with Crippen LogP contribution >= 0.6 is 34.2 Å². The molecule has 1 fully saturated rings. The molecule has 1 saturated carbocycles. The van der Waals surface area contributed by atoms with E-state index in [1.54, 1.807) is 6.07 Å². The summed E-state index contributed by atoms with van der Waals surface area (Å²) in [6, 6.07) is 3.54. The molecule has 0 aliphatic heterocycles. The van der Waals surface area contributed by atoms with Gasteiger partial charge in [-0.3, -0.25) is 4.98 Å². The van der Waals surface area contributed by atoms with Crippen molar-refractivity contribution >= 4 is 34.2 Å². The number of aromatic nitrogens is 1. The van der Waals surface area contributed by atoms with Crippen LogP contribution in [-0.4, -0.2) is 10.9 Å². The van der Waals surface area contributed by atoms with Crippen LogP contribution in [0.15, 0.2) is 12.3 Å². The Morgan fingerprint density at radius 1 is 1.50 bits per heavy atom. The Kier molecular flexibility index (Phi) is 2.83. The summed E-state index contributed by atoms with van der Waals surface area (Å²) in [6.45, 7) is 0. The predicted octanol–water partition coefficient (Wildman–Crippen LogP) is 3.53. The zero-order valence-corrected chi connectivity index (χ0v) is 10.9. The minimum Gasteiger partial charge on any atom is -0.258 e. The van der Waals surface area contributed by atoms with Gasteiger partial charge in [0.2, 0.25) is 0 Å². The van der Waals surface area contributed by atoms with E-state index in [2.05, 4.69) is 4.98 Å². The SMILES string of the molecule is N#CC1(c2cc(I)c(Cl)cn2)CC(F)(F)C1. The van der Waals surface area contributed by atoms with Crippen LogP contribution in [-0.2, 0) is 5.41 Å². The van der Waals surface area contributed by atoms with Gasteiger partial charge in [0.05, 0.1) is 16.8 Å². The number of alkyl halides is 2. The van der Waals surface area contributed by atoms with Crippen LogP contribution in [0.4, 0.5) is 8.78 Å². The molecule has 1 aromatic heterocycles. The third-order valence-corrected chi connectivity index (χ3v) is 4.15. The largest absolute Gasteiger partial charge is 0.258 e. The maximum Gasteiger partial charge on any atom is 0.252 e. The maximum absolute atomic E-state index is 12.9. The summed E-state index contributed by atoms with van der Waals surface area (Å²) in [5.41, 5.74) is -0.761. The van der Waals surface area contributed by atoms with Gasteiger partial charge in [0.15, 0.2) is 0 Å². The van der Waals surface area contributed by atoms with Crippen LogP contribution in [0.5, 0.6) is 0 Å². The molecule has 1 aliphatic carbocycles. The van der Waals surface area contributed by atoms with E-state index in [0.717, 1.165) is 0 Å². The zero-order chi connectivity index (χ0) is 12.0. The van der Waals surface area contributed by atoms with Crippen molar-refractivity contribution < 1.29 is 8.78 Å². The third-order valence-electron chi connectivity index (χ3n) is 2.63. The summed E-state index contributed by atoms with van der Waals surface area (Å²) in [4.78, 5) is 3.98. The molecule has 1 aromatic rings. The normalized spacial score (nSPS) is 20.9. The Hall–Kier alpha value is -0.480. The number of hydrogen-bond acceptors (Lipinski definition) is 2. The lowest BCUT2D eigenvalue weighted by atomic mass is 9.65. The molecule has 1 aliphatic rings. The van der Waals surface area contributed by atoms with Crippen molar-refractivity contribution in [1.29, 1.82) is 5.26 Å². The summed E-state index contributed by atoms with van der Waals surface area (Å²) in [7, 11) is 0. The van der Waals surface area contributed by atoms with Crippen molar-refractivity contribution in [2.24, 2.45) is 0 Å². The molecule has 2 nitrogen and oxygen atoms in total. The second-order valence-electron chi connectivity index (χ2n) is 3.89. The lowest BCUT2D eigenvalue weighted by Gasteiger charge is -2.41. The fourth-order valence-electron chi connectivity index (χ4n) is 1.82. The topological polar surface area (TPSA) is 36.7 Å². The lowest BCUT2D eigenvalue weighted by molar-refractivity contribution is -0.110. The fourth-order valence-corrected chi connectivity index (χ4v) is 2.36. The molecular weight excluding hydrogens is 348 g/mol. The molecule has 0 N–H and O–H groups in total. The average molecular weight is 355 g/mol. The summed E-state index contributed by atoms with van der Waals surface area (Å²) in [5.74, 6) is -2.75. The molecule has 84 valence electrons. The first-order chi connectivity index (χ1) is 7.38. The number of nitrogens with zero attached hydrogens (tertiary/aromatic N) is 2. The fraction of sp³-hybridized carbons (Fsp3) is 0.400. The highest BCUT2D eigenvalue weighted by Crippen LogP contribution is 2.52. The number of hydrogen-bond donors (Lipinski definition) is 0. The molecule has 1 heterocycles. The van der Waals surface area contributed by atoms with Gasteiger partial charge in [-0.25, -0.2) is 8.78 Å². The second-order valence-corrected chi connectivity index (χ2v) is 5.46. The second kappa shape index (κ2) is 3.77. The van der Waals surface area contributed by atoms with Gasteiger partial charge in [-0.2, -0.15) is 5.26 Å². The number of pyridine rings is 1. The van der Waals surface area contributed by atoms with Crippen molar-refractivity contribution in [3.8, 4) is 6.07 Å². The summed E-state index contributed by atoms with van der Waals surface area (Å²) in [6.07, 6.45) is 0.483. The van der Waals surface area contributed by atoms with Crippen molar-refractivity contribution in [2.75, 3.05) is 0 Å². The molecule has 0 bridgehead atoms. The van der Waals surface area contributed by atoms with E-state index in [4.69, 9.17) is 16.9 Å². The molecule has 16 heavy (non-hydrogen) atoms. The van der Waals surface area contributed by atoms with E-state index in [-0.39, 0.29) is 0 Å². The standard InChI is InChI=1S/C10H6ClF2IN2/c11-6-2-16-8(1-7(6)14)9(5-15)3-10(12,13)4-9/h1-2H,3-4H2. The van der Waals surface area contributed by atoms with Gasteiger partial charge in [0, 0.05) is 22.6 Å². The molecule has 2 rings (SSSR count). The first kappa shape index (κ1) is 12.0. The molecule has 0 aromatic carbocycles. The summed E-state index contributed by atoms with van der Waals surface area (Å²) >= 11 is 7.78. The smallest absolute Gasteiger partial charge is 0.252 e. The molecule has 6 heteroatoms. The first-order valence-electron chi connectivity index (χ1n) is 4.49. The van der Waals surface area contributed by atoms with E-state index in [9.17, 15) is 8.78 Å². The van der Waals surface area contributed by atoms with Gasteiger partial charge in [-0.1, -0.05) is 11.6 Å². The van der Waals surface area contributed by atoms with Crippen LogP contribution in [0.2, 0.25) is 5.02 Å². The third kappa shape index (κ3) is 1.89. The Bertz CT molecular complexity index is 476. The van der Waals surface area contributed by atoms with Gasteiger partial charge >= 0.3 is 0 Å². The molecule has 0 radical (unpaired) electrons. The van der Waals surface area contributed by atoms with E-state index < -0.39 is 24.2 Å². The number of halogens is 4. The van der Waals surface area contributed by atoms with E-state index in [1.807, 2.05) is 28.7 Å². The van der Waals surface area contributed by atoms with Crippen molar-refractivity contribution in [2.45, 2.75) is 24.2 Å². The molecule has 0 unspecified atom stereocenters. The minimum atomic E-state index is -2.75. The monoisotopic (exact) mass is 354 g/mol. The minimum absolute atomic E-state index is 0.384. The van der Waals surface area contributed by atoms with Gasteiger partial charge in [-0.15, -0.1) is 0 Å². The van der Waals surface area contributed by atoms with Crippen LogP contribution in [0.1, 0.15) is 18.5 Å². The lowest BCUT2D eigenvalue weighted by Crippen LogP contribution is -2.48. The Morgan fingerprint density at radius 2 is 2.12 bits per heavy atom. The van der Waals surface area contributed by atoms with Crippen LogP contribution in [0, 0.1) is 14.9 Å². The molecule has 0 spiro atoms. The van der Waals surface area contributed by atoms with Gasteiger partial charge in [-0.05, 0) is 28.7 Å². The van der Waals surface area contributed by atoms with Crippen molar-refractivity contribution in [1.82, 2.24) is 4.98 Å². The highest BCUT2D eigenvalue weighted by Gasteiger charge is 2.59. The number of nitriles is 1. The summed E-state index contributed by atoms with van der Waals surface area (Å²) < 4.78 is 26.5. The summed E-state index contributed by atoms with van der Waals surface area (Å²) in [5, 5.41) is 9.49. The zero-order valence-electron chi connectivity index (χ0n) is 7.98. The maximum atomic E-state index is 12.9. The molecular formula is C10H6ClF2IN2. The predicted molar refractivity (Wildman–Crippen MR) is 63.4 cm³/mol. The van der Waals surface area contributed by atoms with Crippen molar-refractivity contribution in [3.05, 3.63) is 26.5 Å². The number of rotatable bonds is 1.